The van der Waals surface area contributed by atoms with Crippen LogP contribution < -0.4 is 0 Å². The maximum absolute atomic E-state index is 8.65. The van der Waals surface area contributed by atoms with Crippen molar-refractivity contribution in [2.45, 2.75) is 0 Å². The smallest absolute Gasteiger partial charge is 0 e. The first-order chi connectivity index (χ1) is 2.24. The standard InChI is InChI=1S/C.Mo.5O.V.W. The van der Waals surface area contributed by atoms with E-state index in [1.165, 1.54) is 0 Å². The summed E-state index contributed by atoms with van der Waals surface area (Å²) in [6.07, 6.45) is 0. The van der Waals surface area contributed by atoms with Crippen molar-refractivity contribution in [3.05, 3.63) is 7.43 Å². The van der Waals surface area contributed by atoms with Crippen LogP contribution in [0, 0.1) is 7.43 Å². The van der Waals surface area contributed by atoms with Crippen LogP contribution >= 0.6 is 0 Å². The van der Waals surface area contributed by atoms with Crippen LogP contribution in [-0.4, -0.2) is 0 Å². The van der Waals surface area contributed by atoms with Gasteiger partial charge in [0, 0.05) is 47.0 Å². The number of hydrogen-bond acceptors (Lipinski definition) is 5. The molecule has 5 nitrogen and oxygen atoms in total. The molecule has 51 valence electrons. The third-order valence-electron chi connectivity index (χ3n) is 0. The second kappa shape index (κ2) is 4.73. The SMILES string of the molecule is [C].[O]=[Mo](=[O])(=[O])(=[O])=[O].[V].[W]. The van der Waals surface area contributed by atoms with Crippen LogP contribution in [0.15, 0.2) is 0 Å². The molecule has 0 fully saturated rings. The quantitative estimate of drug-likeness (QED) is 0.490. The van der Waals surface area contributed by atoms with E-state index in [4.69, 9.17) is 17.0 Å². The van der Waals surface area contributed by atoms with Crippen LogP contribution in [0.5, 0.6) is 0 Å². The maximum atomic E-state index is 8.65. The minimum atomic E-state index is -7.87. The summed E-state index contributed by atoms with van der Waals surface area (Å²) in [7, 11) is 0. The molecule has 0 aliphatic heterocycles. The number of hydrogen-bond donors (Lipinski definition) is 0. The molecular weight excluding hydrogens is 423 g/mol. The molecule has 0 aromatic carbocycles. The zero-order valence-corrected chi connectivity index (χ0v) is 10.1. The summed E-state index contributed by atoms with van der Waals surface area (Å²) >= 11 is -7.87. The predicted molar refractivity (Wildman–Crippen MR) is 6.68 cm³/mol. The van der Waals surface area contributed by atoms with Crippen molar-refractivity contribution in [2.75, 3.05) is 0 Å². The van der Waals surface area contributed by atoms with Crippen molar-refractivity contribution in [3.8, 4) is 0 Å². The Morgan fingerprint density at radius 3 is 0.778 bits per heavy atom. The Hall–Kier alpha value is 0.961. The summed E-state index contributed by atoms with van der Waals surface area (Å²) in [5.41, 5.74) is 0. The van der Waals surface area contributed by atoms with E-state index in [0.29, 0.717) is 0 Å². The minimum Gasteiger partial charge on any atom is 0 e. The third kappa shape index (κ3) is 470. The maximum Gasteiger partial charge on any atom is 0 e. The van der Waals surface area contributed by atoms with E-state index in [1.54, 1.807) is 0 Å². The van der Waals surface area contributed by atoms with Gasteiger partial charge in [-0.15, -0.1) is 0 Å². The molecule has 5 radical (unpaired) electrons. The Bertz CT molecular complexity index is 287. The Kier molecular flexibility index (Phi) is 11.8. The van der Waals surface area contributed by atoms with Crippen molar-refractivity contribution in [3.63, 3.8) is 0 Å². The number of rotatable bonds is 0. The van der Waals surface area contributed by atoms with Crippen LogP contribution in [0.3, 0.4) is 0 Å². The van der Waals surface area contributed by atoms with E-state index in [1.807, 2.05) is 0 Å². The molecule has 0 heterocycles. The fourth-order valence-electron chi connectivity index (χ4n) is 0. The predicted octanol–water partition coefficient (Wildman–Crippen LogP) is -0.520. The van der Waals surface area contributed by atoms with Gasteiger partial charge in [-0.25, -0.2) is 0 Å². The van der Waals surface area contributed by atoms with Gasteiger partial charge in [-0.3, -0.25) is 0 Å². The normalized spacial score (nSPS) is 6.67. The topological polar surface area (TPSA) is 85.3 Å². The second-order valence-electron chi connectivity index (χ2n) is 0.680. The first-order valence-corrected chi connectivity index (χ1v) is 4.93. The molecule has 0 saturated heterocycles. The fourth-order valence-corrected chi connectivity index (χ4v) is 0. The van der Waals surface area contributed by atoms with E-state index >= 15 is 0 Å². The molecular formula is CMoO5VW. The molecule has 0 atom stereocenters. The van der Waals surface area contributed by atoms with Crippen LogP contribution in [0.2, 0.25) is 0 Å². The summed E-state index contributed by atoms with van der Waals surface area (Å²) in [6.45, 7) is 0. The van der Waals surface area contributed by atoms with Gasteiger partial charge in [0.2, 0.25) is 0 Å². The molecule has 0 unspecified atom stereocenters. The molecule has 0 saturated carbocycles. The molecule has 0 aliphatic rings. The van der Waals surface area contributed by atoms with Gasteiger partial charge in [-0.1, -0.05) is 0 Å². The Balaban J connectivity index is -0.0000000417. The van der Waals surface area contributed by atoms with E-state index in [-0.39, 0.29) is 47.0 Å². The molecule has 0 aromatic heterocycles. The molecule has 0 rings (SSSR count). The van der Waals surface area contributed by atoms with Gasteiger partial charge in [0.1, 0.15) is 0 Å². The molecule has 9 heavy (non-hydrogen) atoms. The molecule has 0 amide bonds. The van der Waals surface area contributed by atoms with Gasteiger partial charge < -0.3 is 0 Å². The molecule has 0 bridgehead atoms. The van der Waals surface area contributed by atoms with E-state index < -0.39 is 14.6 Å². The van der Waals surface area contributed by atoms with E-state index in [9.17, 15) is 0 Å². The average molecular weight is 423 g/mol. The van der Waals surface area contributed by atoms with E-state index in [2.05, 4.69) is 0 Å². The Morgan fingerprint density at radius 1 is 0.778 bits per heavy atom. The Morgan fingerprint density at radius 2 is 0.778 bits per heavy atom. The molecule has 0 aromatic rings. The molecule has 0 spiro atoms. The van der Waals surface area contributed by atoms with Crippen molar-refractivity contribution in [2.24, 2.45) is 0 Å². The minimum absolute atomic E-state index is 0. The summed E-state index contributed by atoms with van der Waals surface area (Å²) in [6, 6.07) is 0. The van der Waals surface area contributed by atoms with Gasteiger partial charge in [0.15, 0.2) is 0 Å². The first kappa shape index (κ1) is 22.5. The third-order valence-corrected chi connectivity index (χ3v) is 0. The largest absolute Gasteiger partial charge is 0 e. The van der Waals surface area contributed by atoms with Gasteiger partial charge in [-0.2, -0.15) is 0 Å². The summed E-state index contributed by atoms with van der Waals surface area (Å²) in [5.74, 6) is 0. The van der Waals surface area contributed by atoms with Crippen LogP contribution in [0.25, 0.3) is 0 Å². The molecule has 0 N–H and O–H groups in total. The van der Waals surface area contributed by atoms with Gasteiger partial charge >= 0.3 is 31.6 Å². The summed E-state index contributed by atoms with van der Waals surface area (Å²) < 4.78 is 43.3. The van der Waals surface area contributed by atoms with Crippen molar-refractivity contribution >= 4 is 0 Å². The van der Waals surface area contributed by atoms with Crippen molar-refractivity contribution < 1.29 is 71.2 Å². The van der Waals surface area contributed by atoms with E-state index in [0.717, 1.165) is 0 Å². The fraction of sp³-hybridized carbons (Fsp3) is 0. The summed E-state index contributed by atoms with van der Waals surface area (Å²) in [5, 5.41) is 0. The van der Waals surface area contributed by atoms with Gasteiger partial charge in [0.25, 0.3) is 0 Å². The van der Waals surface area contributed by atoms with Gasteiger partial charge in [-0.05, 0) is 0 Å². The average Bonchev–Trinajstić information content (AvgIpc) is 0.650. The second-order valence-corrected chi connectivity index (χ2v) is 4.03. The van der Waals surface area contributed by atoms with Crippen molar-refractivity contribution in [1.29, 1.82) is 0 Å². The van der Waals surface area contributed by atoms with Crippen molar-refractivity contribution in [1.82, 2.24) is 0 Å². The molecule has 0 aliphatic carbocycles. The monoisotopic (exact) mass is 425 g/mol. The van der Waals surface area contributed by atoms with Gasteiger partial charge in [0.05, 0.1) is 0 Å². The van der Waals surface area contributed by atoms with Crippen LogP contribution in [0.4, 0.5) is 0 Å². The zero-order valence-electron chi connectivity index (χ0n) is 3.80. The molecule has 8 heteroatoms. The Labute approximate surface area is 78.1 Å². The van der Waals surface area contributed by atoms with Crippen LogP contribution in [0.1, 0.15) is 0 Å². The zero-order chi connectivity index (χ0) is 5.45. The van der Waals surface area contributed by atoms with Crippen LogP contribution in [-0.2, 0) is 71.2 Å². The first-order valence-electron chi connectivity index (χ1n) is 0.833. The summed E-state index contributed by atoms with van der Waals surface area (Å²) in [4.78, 5) is 0.